The lowest BCUT2D eigenvalue weighted by molar-refractivity contribution is -0.00801. The van der Waals surface area contributed by atoms with Crippen LogP contribution in [-0.2, 0) is 18.9 Å². The van der Waals surface area contributed by atoms with E-state index in [1.54, 1.807) is 21.3 Å². The lowest BCUT2D eigenvalue weighted by atomic mass is 10.3. The van der Waals surface area contributed by atoms with E-state index in [9.17, 15) is 0 Å². The van der Waals surface area contributed by atoms with Crippen molar-refractivity contribution in [2.45, 2.75) is 0 Å². The Morgan fingerprint density at radius 1 is 0.514 bits per heavy atom. The van der Waals surface area contributed by atoms with Crippen molar-refractivity contribution in [3.63, 3.8) is 0 Å². The van der Waals surface area contributed by atoms with Gasteiger partial charge in [-0.1, -0.05) is 54.6 Å². The Labute approximate surface area is 208 Å². The van der Waals surface area contributed by atoms with Crippen LogP contribution in [0.5, 0.6) is 17.2 Å². The van der Waals surface area contributed by atoms with Gasteiger partial charge >= 0.3 is 0 Å². The third kappa shape index (κ3) is 7.92. The maximum absolute atomic E-state index is 6.06. The third-order valence-electron chi connectivity index (χ3n) is 5.00. The molecule has 8 heteroatoms. The molecule has 0 aliphatic heterocycles. The summed E-state index contributed by atoms with van der Waals surface area (Å²) in [6.45, 7) is 2.19. The van der Waals surface area contributed by atoms with Crippen LogP contribution < -0.4 is 30.1 Å². The van der Waals surface area contributed by atoms with Gasteiger partial charge in [-0.05, 0) is 26.1 Å². The van der Waals surface area contributed by atoms with Gasteiger partial charge in [-0.3, -0.25) is 0 Å². The summed E-state index contributed by atoms with van der Waals surface area (Å²) in [5.74, 6) is 2.29. The Morgan fingerprint density at radius 2 is 0.914 bits per heavy atom. The van der Waals surface area contributed by atoms with E-state index in [4.69, 9.17) is 33.2 Å². The van der Waals surface area contributed by atoms with E-state index in [0.717, 1.165) is 33.2 Å². The lowest BCUT2D eigenvalue weighted by Gasteiger charge is -2.25. The zero-order valence-corrected chi connectivity index (χ0v) is 21.4. The summed E-state index contributed by atoms with van der Waals surface area (Å²) in [5.41, 5.74) is 0. The van der Waals surface area contributed by atoms with Gasteiger partial charge in [-0.25, -0.2) is 0 Å². The number of para-hydroxylation sites is 3. The molecule has 0 fully saturated rings. The number of hydrogen-bond donors (Lipinski definition) is 0. The van der Waals surface area contributed by atoms with Gasteiger partial charge in [-0.2, -0.15) is 0 Å². The zero-order valence-electron chi connectivity index (χ0n) is 20.5. The summed E-state index contributed by atoms with van der Waals surface area (Å²) in [6.07, 6.45) is 0. The van der Waals surface area contributed by atoms with Gasteiger partial charge in [0.25, 0.3) is 0 Å². The van der Waals surface area contributed by atoms with E-state index < -0.39 is 7.92 Å². The predicted octanol–water partition coefficient (Wildman–Crippen LogP) is 3.45. The first-order valence-electron chi connectivity index (χ1n) is 11.3. The van der Waals surface area contributed by atoms with E-state index in [1.165, 1.54) is 0 Å². The Balaban J connectivity index is 1.98. The van der Waals surface area contributed by atoms with Crippen molar-refractivity contribution in [2.24, 2.45) is 0 Å². The van der Waals surface area contributed by atoms with E-state index in [0.29, 0.717) is 26.4 Å². The van der Waals surface area contributed by atoms with Crippen LogP contribution in [-0.4, -0.2) is 61.3 Å². The van der Waals surface area contributed by atoms with Gasteiger partial charge in [-0.15, -0.1) is 0 Å². The fourth-order valence-electron chi connectivity index (χ4n) is 3.34. The highest BCUT2D eigenvalue weighted by Gasteiger charge is 2.26. The molecule has 0 bridgehead atoms. The normalized spacial score (nSPS) is 11.0. The largest absolute Gasteiger partial charge is 0.496 e. The molecule has 0 saturated carbocycles. The number of ether oxygens (including phenoxy) is 7. The topological polar surface area (TPSA) is 64.6 Å². The predicted molar refractivity (Wildman–Crippen MR) is 138 cm³/mol. The molecule has 3 rings (SSSR count). The second kappa shape index (κ2) is 15.4. The SMILES string of the molecule is COCCOCOc1ccccc1P(c1ccccc1OC)c1ccccc1OCOCCOC. The van der Waals surface area contributed by atoms with Gasteiger partial charge in [0.15, 0.2) is 13.6 Å². The van der Waals surface area contributed by atoms with Gasteiger partial charge in [0.2, 0.25) is 0 Å². The second-order valence-corrected chi connectivity index (χ2v) is 9.39. The summed E-state index contributed by atoms with van der Waals surface area (Å²) < 4.78 is 39.1. The minimum atomic E-state index is -1.10. The van der Waals surface area contributed by atoms with Crippen molar-refractivity contribution >= 4 is 23.8 Å². The number of rotatable bonds is 16. The number of methoxy groups -OCH3 is 3. The van der Waals surface area contributed by atoms with Crippen LogP contribution >= 0.6 is 7.92 Å². The summed E-state index contributed by atoms with van der Waals surface area (Å²) in [7, 11) is 3.86. The van der Waals surface area contributed by atoms with Crippen LogP contribution in [0.2, 0.25) is 0 Å². The summed E-state index contributed by atoms with van der Waals surface area (Å²) in [6, 6.07) is 24.0. The molecule has 0 unspecified atom stereocenters. The number of hydrogen-bond acceptors (Lipinski definition) is 7. The lowest BCUT2D eigenvalue weighted by Crippen LogP contribution is -2.25. The Kier molecular flexibility index (Phi) is 11.8. The van der Waals surface area contributed by atoms with Gasteiger partial charge < -0.3 is 33.2 Å². The first-order valence-corrected chi connectivity index (χ1v) is 12.6. The van der Waals surface area contributed by atoms with Crippen molar-refractivity contribution in [2.75, 3.05) is 61.3 Å². The maximum Gasteiger partial charge on any atom is 0.189 e. The quantitative estimate of drug-likeness (QED) is 0.170. The van der Waals surface area contributed by atoms with Gasteiger partial charge in [0.1, 0.15) is 17.2 Å². The molecule has 0 spiro atoms. The first-order chi connectivity index (χ1) is 17.3. The van der Waals surface area contributed by atoms with E-state index in [2.05, 4.69) is 18.2 Å². The van der Waals surface area contributed by atoms with Crippen LogP contribution in [0.25, 0.3) is 0 Å². The van der Waals surface area contributed by atoms with Crippen molar-refractivity contribution < 1.29 is 33.2 Å². The molecule has 7 nitrogen and oxygen atoms in total. The molecule has 35 heavy (non-hydrogen) atoms. The van der Waals surface area contributed by atoms with Crippen LogP contribution in [0.3, 0.4) is 0 Å². The highest BCUT2D eigenvalue weighted by atomic mass is 31.1. The average Bonchev–Trinajstić information content (AvgIpc) is 2.90. The van der Waals surface area contributed by atoms with E-state index in [-0.39, 0.29) is 13.6 Å². The molecule has 0 aromatic heterocycles. The molecule has 0 N–H and O–H groups in total. The summed E-state index contributed by atoms with van der Waals surface area (Å²) >= 11 is 0. The van der Waals surface area contributed by atoms with Gasteiger partial charge in [0.05, 0.1) is 33.5 Å². The molecular formula is C27H33O7P. The molecule has 0 radical (unpaired) electrons. The Hall–Kier alpha value is -2.67. The monoisotopic (exact) mass is 500 g/mol. The standard InChI is InChI=1S/C27H33O7P/c1-28-16-18-31-20-33-23-11-5-8-14-26(23)35(25-13-7-4-10-22(25)30-3)27-15-9-6-12-24(27)34-21-32-19-17-29-2/h4-15H,16-21H2,1-3H3. The molecule has 0 atom stereocenters. The molecule has 0 heterocycles. The molecule has 3 aromatic carbocycles. The van der Waals surface area contributed by atoms with Crippen LogP contribution in [0.1, 0.15) is 0 Å². The van der Waals surface area contributed by atoms with Crippen molar-refractivity contribution in [1.82, 2.24) is 0 Å². The highest BCUT2D eigenvalue weighted by Crippen LogP contribution is 2.42. The Bertz CT molecular complexity index is 957. The fraction of sp³-hybridized carbons (Fsp3) is 0.333. The highest BCUT2D eigenvalue weighted by molar-refractivity contribution is 7.80. The van der Waals surface area contributed by atoms with E-state index >= 15 is 0 Å². The molecule has 0 aliphatic rings. The van der Waals surface area contributed by atoms with Crippen molar-refractivity contribution in [3.05, 3.63) is 72.8 Å². The minimum absolute atomic E-state index is 0.126. The van der Waals surface area contributed by atoms with Crippen LogP contribution in [0.4, 0.5) is 0 Å². The molecule has 0 saturated heterocycles. The van der Waals surface area contributed by atoms with E-state index in [1.807, 2.05) is 54.6 Å². The maximum atomic E-state index is 6.06. The molecule has 0 amide bonds. The first kappa shape index (κ1) is 26.9. The summed E-state index contributed by atoms with van der Waals surface area (Å²) in [5, 5.41) is 3.11. The zero-order chi connectivity index (χ0) is 24.7. The Morgan fingerprint density at radius 3 is 1.34 bits per heavy atom. The minimum Gasteiger partial charge on any atom is -0.496 e. The fourth-order valence-corrected chi connectivity index (χ4v) is 5.93. The van der Waals surface area contributed by atoms with Crippen molar-refractivity contribution in [3.8, 4) is 17.2 Å². The molecule has 3 aromatic rings. The van der Waals surface area contributed by atoms with Crippen LogP contribution in [0, 0.1) is 0 Å². The summed E-state index contributed by atoms with van der Waals surface area (Å²) in [4.78, 5) is 0. The molecule has 0 aliphatic carbocycles. The van der Waals surface area contributed by atoms with Crippen LogP contribution in [0.15, 0.2) is 72.8 Å². The van der Waals surface area contributed by atoms with Gasteiger partial charge in [0, 0.05) is 30.1 Å². The second-order valence-electron chi connectivity index (χ2n) is 7.27. The third-order valence-corrected chi connectivity index (χ3v) is 7.55. The smallest absolute Gasteiger partial charge is 0.189 e. The number of benzene rings is 3. The molecular weight excluding hydrogens is 467 g/mol. The van der Waals surface area contributed by atoms with Crippen molar-refractivity contribution in [1.29, 1.82) is 0 Å². The average molecular weight is 501 g/mol. The molecule has 188 valence electrons.